The lowest BCUT2D eigenvalue weighted by Gasteiger charge is -2.27. The Labute approximate surface area is 242 Å². The summed E-state index contributed by atoms with van der Waals surface area (Å²) in [5.41, 5.74) is 4.08. The smallest absolute Gasteiger partial charge is 0.150 e. The summed E-state index contributed by atoms with van der Waals surface area (Å²) in [4.78, 5) is 10.9. The van der Waals surface area contributed by atoms with E-state index in [0.717, 1.165) is 17.6 Å². The van der Waals surface area contributed by atoms with Gasteiger partial charge in [0.05, 0.1) is 0 Å². The molecule has 0 N–H and O–H groups in total. The second-order valence-corrected chi connectivity index (χ2v) is 13.3. The van der Waals surface area contributed by atoms with Crippen molar-refractivity contribution in [2.75, 3.05) is 0 Å². The summed E-state index contributed by atoms with van der Waals surface area (Å²) in [5.74, 6) is 0.748. The molecule has 0 aromatic heterocycles. The van der Waals surface area contributed by atoms with Crippen LogP contribution in [0.1, 0.15) is 15.9 Å². The van der Waals surface area contributed by atoms with Crippen LogP contribution in [-0.2, 0) is 6.61 Å². The zero-order valence-electron chi connectivity index (χ0n) is 22.6. The van der Waals surface area contributed by atoms with E-state index in [2.05, 4.69) is 140 Å². The molecular weight excluding hydrogens is 519 g/mol. The van der Waals surface area contributed by atoms with Crippen LogP contribution in [0, 0.1) is 0 Å². The van der Waals surface area contributed by atoms with Gasteiger partial charge in [0, 0.05) is 5.56 Å². The molecule has 0 saturated carbocycles. The molecule has 0 aliphatic rings. The summed E-state index contributed by atoms with van der Waals surface area (Å²) in [7, 11) is -2.10. The van der Waals surface area contributed by atoms with Crippen molar-refractivity contribution >= 4 is 34.8 Å². The van der Waals surface area contributed by atoms with Crippen LogP contribution in [0.3, 0.4) is 0 Å². The van der Waals surface area contributed by atoms with Gasteiger partial charge in [0.1, 0.15) is 47.1 Å². The van der Waals surface area contributed by atoms with Crippen LogP contribution in [0.25, 0.3) is 11.1 Å². The molecule has 0 fully saturated rings. The Kier molecular flexibility index (Phi) is 7.85. The standard InChI is InChI=1S/C38H30O2P/c39-28-30-18-24-34(25-19-30)40-29-31-16-20-32(21-17-31)33-22-26-38(27-23-33)41(35-10-4-1-5-11-35,36-12-6-2-7-13-36)37-14-8-3-9-15-37/h1-28H,29H2/q+1. The van der Waals surface area contributed by atoms with Crippen LogP contribution in [-0.4, -0.2) is 6.29 Å². The van der Waals surface area contributed by atoms with E-state index in [4.69, 9.17) is 4.74 Å². The highest BCUT2D eigenvalue weighted by molar-refractivity contribution is 8.01. The number of hydrogen-bond acceptors (Lipinski definition) is 2. The minimum Gasteiger partial charge on any atom is -0.489 e. The average Bonchev–Trinajstić information content (AvgIpc) is 3.06. The third kappa shape index (κ3) is 5.48. The van der Waals surface area contributed by atoms with Gasteiger partial charge < -0.3 is 4.74 Å². The molecule has 6 aromatic carbocycles. The lowest BCUT2D eigenvalue weighted by Crippen LogP contribution is -2.38. The Morgan fingerprint density at radius 2 is 0.878 bits per heavy atom. The van der Waals surface area contributed by atoms with Crippen molar-refractivity contribution in [3.8, 4) is 16.9 Å². The van der Waals surface area contributed by atoms with Gasteiger partial charge in [0.2, 0.25) is 0 Å². The van der Waals surface area contributed by atoms with E-state index < -0.39 is 7.26 Å². The zero-order chi connectivity index (χ0) is 27.9. The van der Waals surface area contributed by atoms with E-state index in [1.54, 1.807) is 12.1 Å². The highest BCUT2D eigenvalue weighted by Gasteiger charge is 2.47. The highest BCUT2D eigenvalue weighted by atomic mass is 31.2. The molecule has 0 aliphatic carbocycles. The van der Waals surface area contributed by atoms with E-state index in [1.807, 2.05) is 12.1 Å². The summed E-state index contributed by atoms with van der Waals surface area (Å²) in [5, 5.41) is 5.36. The Morgan fingerprint density at radius 3 is 1.32 bits per heavy atom. The summed E-state index contributed by atoms with van der Waals surface area (Å²) < 4.78 is 5.90. The van der Waals surface area contributed by atoms with Gasteiger partial charge in [0.25, 0.3) is 0 Å². The molecule has 0 saturated heterocycles. The fourth-order valence-electron chi connectivity index (χ4n) is 5.33. The van der Waals surface area contributed by atoms with Gasteiger partial charge in [-0.15, -0.1) is 0 Å². The SMILES string of the molecule is O=Cc1ccc(OCc2ccc(-c3ccc([P+](c4ccccc4)(c4ccccc4)c4ccccc4)cc3)cc2)cc1. The lowest BCUT2D eigenvalue weighted by molar-refractivity contribution is 0.112. The number of carbonyl (C=O) groups is 1. The van der Waals surface area contributed by atoms with Crippen molar-refractivity contribution in [3.63, 3.8) is 0 Å². The average molecular weight is 550 g/mol. The molecule has 6 rings (SSSR count). The molecule has 0 heterocycles. The van der Waals surface area contributed by atoms with Crippen molar-refractivity contribution < 1.29 is 9.53 Å². The van der Waals surface area contributed by atoms with Gasteiger partial charge in [-0.25, -0.2) is 0 Å². The first-order chi connectivity index (χ1) is 20.3. The predicted molar refractivity (Wildman–Crippen MR) is 173 cm³/mol. The quantitative estimate of drug-likeness (QED) is 0.139. The Morgan fingerprint density at radius 1 is 0.463 bits per heavy atom. The number of carbonyl (C=O) groups excluding carboxylic acids is 1. The summed E-state index contributed by atoms with van der Waals surface area (Å²) >= 11 is 0. The van der Waals surface area contributed by atoms with Crippen molar-refractivity contribution in [1.82, 2.24) is 0 Å². The first kappa shape index (κ1) is 26.4. The van der Waals surface area contributed by atoms with E-state index in [1.165, 1.54) is 32.3 Å². The van der Waals surface area contributed by atoms with Crippen LogP contribution >= 0.6 is 7.26 Å². The number of ether oxygens (including phenoxy) is 1. The van der Waals surface area contributed by atoms with Gasteiger partial charge in [0.15, 0.2) is 0 Å². The van der Waals surface area contributed by atoms with Crippen LogP contribution in [0.5, 0.6) is 5.75 Å². The molecule has 0 atom stereocenters. The molecule has 0 bridgehead atoms. The van der Waals surface area contributed by atoms with Crippen molar-refractivity contribution in [1.29, 1.82) is 0 Å². The van der Waals surface area contributed by atoms with Crippen molar-refractivity contribution in [3.05, 3.63) is 175 Å². The van der Waals surface area contributed by atoms with Gasteiger partial charge >= 0.3 is 0 Å². The largest absolute Gasteiger partial charge is 0.489 e. The van der Waals surface area contributed by atoms with E-state index in [-0.39, 0.29) is 0 Å². The third-order valence-corrected chi connectivity index (χ3v) is 11.7. The Hall–Kier alpha value is -4.78. The van der Waals surface area contributed by atoms with Crippen LogP contribution in [0.15, 0.2) is 164 Å². The van der Waals surface area contributed by atoms with Gasteiger partial charge in [-0.1, -0.05) is 91.0 Å². The summed E-state index contributed by atoms with van der Waals surface area (Å²) in [6.45, 7) is 0.470. The third-order valence-electron chi connectivity index (χ3n) is 7.39. The monoisotopic (exact) mass is 549 g/mol. The molecule has 0 radical (unpaired) electrons. The predicted octanol–water partition coefficient (Wildman–Crippen LogP) is 7.36. The van der Waals surface area contributed by atoms with Gasteiger partial charge in [-0.05, 0) is 89.5 Å². The summed E-state index contributed by atoms with van der Waals surface area (Å²) in [6, 6.07) is 57.6. The molecular formula is C38H30O2P+. The molecule has 198 valence electrons. The van der Waals surface area contributed by atoms with Crippen LogP contribution in [0.4, 0.5) is 0 Å². The second-order valence-electron chi connectivity index (χ2n) is 9.90. The van der Waals surface area contributed by atoms with Crippen molar-refractivity contribution in [2.45, 2.75) is 6.61 Å². The van der Waals surface area contributed by atoms with E-state index >= 15 is 0 Å². The zero-order valence-corrected chi connectivity index (χ0v) is 23.5. The number of benzene rings is 6. The van der Waals surface area contributed by atoms with Gasteiger partial charge in [-0.3, -0.25) is 4.79 Å². The molecule has 41 heavy (non-hydrogen) atoms. The van der Waals surface area contributed by atoms with E-state index in [0.29, 0.717) is 12.2 Å². The van der Waals surface area contributed by atoms with Gasteiger partial charge in [-0.2, -0.15) is 0 Å². The maximum atomic E-state index is 10.9. The molecule has 6 aromatic rings. The topological polar surface area (TPSA) is 26.3 Å². The first-order valence-corrected chi connectivity index (χ1v) is 15.5. The maximum Gasteiger partial charge on any atom is 0.150 e. The molecule has 0 spiro atoms. The molecule has 2 nitrogen and oxygen atoms in total. The highest BCUT2D eigenvalue weighted by Crippen LogP contribution is 2.54. The normalized spacial score (nSPS) is 11.1. The van der Waals surface area contributed by atoms with Crippen LogP contribution < -0.4 is 26.0 Å². The van der Waals surface area contributed by atoms with Crippen LogP contribution in [0.2, 0.25) is 0 Å². The van der Waals surface area contributed by atoms with E-state index in [9.17, 15) is 4.79 Å². The summed E-state index contributed by atoms with van der Waals surface area (Å²) in [6.07, 6.45) is 0.835. The molecule has 0 amide bonds. The van der Waals surface area contributed by atoms with Crippen molar-refractivity contribution in [2.24, 2.45) is 0 Å². The molecule has 3 heteroatoms. The first-order valence-electron chi connectivity index (χ1n) is 13.7. The Balaban J connectivity index is 1.32. The molecule has 0 unspecified atom stereocenters. The molecule has 0 aliphatic heterocycles. The Bertz CT molecular complexity index is 1600. The lowest BCUT2D eigenvalue weighted by atomic mass is 10.0. The number of hydrogen-bond donors (Lipinski definition) is 0. The minimum atomic E-state index is -2.10. The number of aldehydes is 1. The second kappa shape index (κ2) is 12.2. The minimum absolute atomic E-state index is 0.470. The number of rotatable bonds is 9. The fourth-order valence-corrected chi connectivity index (χ4v) is 9.57. The maximum absolute atomic E-state index is 10.9. The fraction of sp³-hybridized carbons (Fsp3) is 0.0263.